The van der Waals surface area contributed by atoms with Gasteiger partial charge < -0.3 is 14.5 Å². The van der Waals surface area contributed by atoms with E-state index in [0.29, 0.717) is 40.4 Å². The average Bonchev–Trinajstić information content (AvgIpc) is 3.49. The lowest BCUT2D eigenvalue weighted by Crippen LogP contribution is -2.15. The lowest BCUT2D eigenvalue weighted by atomic mass is 10.2. The van der Waals surface area contributed by atoms with Crippen LogP contribution in [0.1, 0.15) is 6.92 Å². The van der Waals surface area contributed by atoms with E-state index in [-0.39, 0.29) is 11.7 Å². The Kier molecular flexibility index (Phi) is 5.47. The Morgan fingerprint density at radius 2 is 1.94 bits per heavy atom. The highest BCUT2D eigenvalue weighted by Gasteiger charge is 2.19. The number of carbonyl (C=O) groups excluding carboxylic acids is 1. The molecule has 0 aliphatic rings. The number of rotatable bonds is 7. The van der Waals surface area contributed by atoms with E-state index in [1.165, 1.54) is 11.8 Å². The summed E-state index contributed by atoms with van der Waals surface area (Å²) in [6.45, 7) is 2.42. The molecule has 0 saturated carbocycles. The van der Waals surface area contributed by atoms with Crippen molar-refractivity contribution in [3.8, 4) is 17.3 Å². The molecule has 32 heavy (non-hydrogen) atoms. The first-order valence-corrected chi connectivity index (χ1v) is 11.1. The molecule has 1 amide bonds. The van der Waals surface area contributed by atoms with Crippen LogP contribution in [0.25, 0.3) is 28.1 Å². The smallest absolute Gasteiger partial charge is 0.234 e. The maximum absolute atomic E-state index is 12.6. The molecule has 0 spiro atoms. The number of fused-ring (bicyclic) bond motifs is 3. The third-order valence-corrected chi connectivity index (χ3v) is 5.68. The van der Waals surface area contributed by atoms with E-state index in [1.807, 2.05) is 65.9 Å². The number of amides is 1. The summed E-state index contributed by atoms with van der Waals surface area (Å²) in [5, 5.41) is 13.0. The highest BCUT2D eigenvalue weighted by Crippen LogP contribution is 2.29. The molecule has 3 aromatic heterocycles. The fourth-order valence-electron chi connectivity index (χ4n) is 3.39. The first-order chi connectivity index (χ1) is 15.7. The minimum atomic E-state index is -0.174. The molecule has 2 aromatic carbocycles. The van der Waals surface area contributed by atoms with Crippen molar-refractivity contribution in [3.05, 3.63) is 66.9 Å². The molecule has 8 nitrogen and oxygen atoms in total. The van der Waals surface area contributed by atoms with Crippen LogP contribution in [0.4, 0.5) is 5.69 Å². The van der Waals surface area contributed by atoms with E-state index in [0.717, 1.165) is 10.9 Å². The van der Waals surface area contributed by atoms with Crippen LogP contribution >= 0.6 is 11.8 Å². The zero-order valence-corrected chi connectivity index (χ0v) is 18.0. The lowest BCUT2D eigenvalue weighted by Gasteiger charge is -2.11. The fourth-order valence-corrected chi connectivity index (χ4v) is 4.12. The van der Waals surface area contributed by atoms with Crippen LogP contribution in [-0.2, 0) is 4.79 Å². The molecule has 5 aromatic rings. The third-order valence-electron chi connectivity index (χ3n) is 4.75. The van der Waals surface area contributed by atoms with Crippen molar-refractivity contribution in [2.75, 3.05) is 17.7 Å². The van der Waals surface area contributed by atoms with Gasteiger partial charge in [-0.2, -0.15) is 0 Å². The molecule has 0 atom stereocenters. The predicted octanol–water partition coefficient (Wildman–Crippen LogP) is 4.67. The molecule has 0 aliphatic heterocycles. The van der Waals surface area contributed by atoms with E-state index in [4.69, 9.17) is 14.1 Å². The van der Waals surface area contributed by atoms with Crippen LogP contribution in [0, 0.1) is 0 Å². The summed E-state index contributed by atoms with van der Waals surface area (Å²) >= 11 is 1.28. The van der Waals surface area contributed by atoms with Gasteiger partial charge in [0.15, 0.2) is 22.4 Å². The number of para-hydroxylation sites is 3. The van der Waals surface area contributed by atoms with Crippen molar-refractivity contribution in [2.24, 2.45) is 0 Å². The van der Waals surface area contributed by atoms with Crippen molar-refractivity contribution in [1.29, 1.82) is 0 Å². The summed E-state index contributed by atoms with van der Waals surface area (Å²) in [6.07, 6.45) is 1.60. The van der Waals surface area contributed by atoms with Gasteiger partial charge in [0, 0.05) is 5.39 Å². The van der Waals surface area contributed by atoms with Gasteiger partial charge in [-0.15, -0.1) is 10.2 Å². The number of anilines is 1. The van der Waals surface area contributed by atoms with Gasteiger partial charge in [-0.3, -0.25) is 9.20 Å². The number of furan rings is 1. The van der Waals surface area contributed by atoms with Gasteiger partial charge >= 0.3 is 0 Å². The first kappa shape index (κ1) is 20.1. The van der Waals surface area contributed by atoms with Gasteiger partial charge in [0.1, 0.15) is 5.75 Å². The van der Waals surface area contributed by atoms with Crippen LogP contribution in [0.5, 0.6) is 5.75 Å². The van der Waals surface area contributed by atoms with E-state index in [1.54, 1.807) is 12.3 Å². The quantitative estimate of drug-likeness (QED) is 0.364. The van der Waals surface area contributed by atoms with Crippen LogP contribution in [0.15, 0.2) is 76.5 Å². The number of benzene rings is 2. The van der Waals surface area contributed by atoms with Gasteiger partial charge in [0.25, 0.3) is 0 Å². The number of aromatic nitrogens is 4. The van der Waals surface area contributed by atoms with Crippen LogP contribution < -0.4 is 10.1 Å². The summed E-state index contributed by atoms with van der Waals surface area (Å²) in [5.41, 5.74) is 2.09. The van der Waals surface area contributed by atoms with Gasteiger partial charge in [0.05, 0.1) is 29.8 Å². The Balaban J connectivity index is 1.45. The standard InChI is InChI=1S/C23H19N5O3S/c1-2-30-18-11-6-5-10-17(18)24-20(29)14-32-23-27-26-21-15-8-3-4-9-16(15)25-22(28(21)23)19-12-7-13-31-19/h3-13H,2,14H2,1H3,(H,24,29). The molecule has 0 unspecified atom stereocenters. The zero-order valence-electron chi connectivity index (χ0n) is 17.2. The van der Waals surface area contributed by atoms with Gasteiger partial charge in [-0.25, -0.2) is 4.98 Å². The maximum atomic E-state index is 12.6. The minimum Gasteiger partial charge on any atom is -0.492 e. The van der Waals surface area contributed by atoms with Gasteiger partial charge in [0.2, 0.25) is 5.91 Å². The van der Waals surface area contributed by atoms with Gasteiger partial charge in [-0.05, 0) is 43.3 Å². The molecule has 0 saturated heterocycles. The van der Waals surface area contributed by atoms with Crippen molar-refractivity contribution in [3.63, 3.8) is 0 Å². The molecule has 9 heteroatoms. The van der Waals surface area contributed by atoms with Crippen LogP contribution in [-0.4, -0.2) is 37.8 Å². The summed E-state index contributed by atoms with van der Waals surface area (Å²) in [7, 11) is 0. The van der Waals surface area contributed by atoms with Crippen molar-refractivity contribution >= 4 is 39.9 Å². The van der Waals surface area contributed by atoms with Crippen LogP contribution in [0.2, 0.25) is 0 Å². The number of ether oxygens (including phenoxy) is 1. The lowest BCUT2D eigenvalue weighted by molar-refractivity contribution is -0.113. The summed E-state index contributed by atoms with van der Waals surface area (Å²) < 4.78 is 13.0. The highest BCUT2D eigenvalue weighted by molar-refractivity contribution is 7.99. The molecule has 5 rings (SSSR count). The Labute approximate surface area is 187 Å². The zero-order chi connectivity index (χ0) is 21.9. The topological polar surface area (TPSA) is 94.5 Å². The molecule has 0 aliphatic carbocycles. The second-order valence-electron chi connectivity index (χ2n) is 6.84. The second-order valence-corrected chi connectivity index (χ2v) is 7.78. The molecule has 1 N–H and O–H groups in total. The molecular formula is C23H19N5O3S. The largest absolute Gasteiger partial charge is 0.492 e. The van der Waals surface area contributed by atoms with Crippen molar-refractivity contribution < 1.29 is 13.9 Å². The Bertz CT molecular complexity index is 1400. The molecule has 3 heterocycles. The van der Waals surface area contributed by atoms with E-state index >= 15 is 0 Å². The van der Waals surface area contributed by atoms with E-state index in [9.17, 15) is 4.79 Å². The number of thioether (sulfide) groups is 1. The van der Waals surface area contributed by atoms with Gasteiger partial charge in [-0.1, -0.05) is 36.0 Å². The Morgan fingerprint density at radius 1 is 1.09 bits per heavy atom. The monoisotopic (exact) mass is 445 g/mol. The average molecular weight is 446 g/mol. The number of nitrogens with one attached hydrogen (secondary N) is 1. The summed E-state index contributed by atoms with van der Waals surface area (Å²) in [5.74, 6) is 1.78. The highest BCUT2D eigenvalue weighted by atomic mass is 32.2. The Morgan fingerprint density at radius 3 is 2.78 bits per heavy atom. The number of nitrogens with zero attached hydrogens (tertiary/aromatic N) is 4. The molecule has 0 bridgehead atoms. The molecular weight excluding hydrogens is 426 g/mol. The van der Waals surface area contributed by atoms with Crippen molar-refractivity contribution in [2.45, 2.75) is 12.1 Å². The first-order valence-electron chi connectivity index (χ1n) is 10.1. The maximum Gasteiger partial charge on any atom is 0.234 e. The second kappa shape index (κ2) is 8.72. The third kappa shape index (κ3) is 3.78. The van der Waals surface area contributed by atoms with E-state index < -0.39 is 0 Å². The number of carbonyl (C=O) groups is 1. The minimum absolute atomic E-state index is 0.145. The SMILES string of the molecule is CCOc1ccccc1NC(=O)CSc1nnc2c3ccccc3nc(-c3ccco3)n12. The predicted molar refractivity (Wildman–Crippen MR) is 123 cm³/mol. The molecule has 160 valence electrons. The van der Waals surface area contributed by atoms with E-state index in [2.05, 4.69) is 15.5 Å². The fraction of sp³-hybridized carbons (Fsp3) is 0.130. The number of hydrogen-bond acceptors (Lipinski definition) is 7. The van der Waals surface area contributed by atoms with Crippen LogP contribution in [0.3, 0.4) is 0 Å². The number of hydrogen-bond donors (Lipinski definition) is 1. The Hall–Kier alpha value is -3.85. The molecule has 0 fully saturated rings. The summed E-state index contributed by atoms with van der Waals surface area (Å²) in [4.78, 5) is 17.4. The normalized spacial score (nSPS) is 11.2. The molecule has 0 radical (unpaired) electrons. The van der Waals surface area contributed by atoms with Crippen molar-refractivity contribution in [1.82, 2.24) is 19.6 Å². The summed E-state index contributed by atoms with van der Waals surface area (Å²) in [6, 6.07) is 18.7.